The van der Waals surface area contributed by atoms with E-state index in [1.807, 2.05) is 6.08 Å². The standard InChI is InChI=1S/C31H45N5O5/c1-4-22(20(2)3)16-27(37)25(15-21-11-7-5-8-12-21)35-29(38)26(17-24-18-33-19-34-24)36-30(39)28(41-31(32)40)23-13-9-6-10-14-23/h4,6,9-10,13-14,18-22,25-28,37H,1,5,7-8,11-12,15-17H2,2-3H3,(H2,32,40)(H,33,34)(H,35,38)(H,36,39)/t22-,25-,26-,27+,28-/m0/s1. The fourth-order valence-corrected chi connectivity index (χ4v) is 5.55. The van der Waals surface area contributed by atoms with Crippen molar-refractivity contribution < 1.29 is 24.2 Å². The first-order valence-corrected chi connectivity index (χ1v) is 14.6. The Labute approximate surface area is 242 Å². The Hall–Kier alpha value is -3.66. The number of carbonyl (C=O) groups is 3. The van der Waals surface area contributed by atoms with E-state index >= 15 is 0 Å². The summed E-state index contributed by atoms with van der Waals surface area (Å²) in [5.41, 5.74) is 6.31. The highest BCUT2D eigenvalue weighted by atomic mass is 16.6. The van der Waals surface area contributed by atoms with E-state index in [4.69, 9.17) is 10.5 Å². The number of benzene rings is 1. The molecule has 10 heteroatoms. The van der Waals surface area contributed by atoms with E-state index in [9.17, 15) is 19.5 Å². The third kappa shape index (κ3) is 10.0. The van der Waals surface area contributed by atoms with Gasteiger partial charge in [0.25, 0.3) is 5.91 Å². The number of nitrogens with zero attached hydrogens (tertiary/aromatic N) is 1. The number of aromatic amines is 1. The number of imidazole rings is 1. The highest BCUT2D eigenvalue weighted by Crippen LogP contribution is 2.30. The molecule has 3 rings (SSSR count). The molecule has 41 heavy (non-hydrogen) atoms. The van der Waals surface area contributed by atoms with Crippen LogP contribution in [0.3, 0.4) is 0 Å². The highest BCUT2D eigenvalue weighted by molar-refractivity contribution is 5.91. The van der Waals surface area contributed by atoms with Gasteiger partial charge in [0.05, 0.1) is 18.5 Å². The van der Waals surface area contributed by atoms with Crippen molar-refractivity contribution >= 4 is 17.9 Å². The SMILES string of the molecule is C=C[C@@H](C[C@@H](O)[C@H](CC1CCCCC1)NC(=O)[C@H](Cc1cnc[nH]1)NC(=O)[C@@H](OC(N)=O)c1ccccc1)C(C)C. The summed E-state index contributed by atoms with van der Waals surface area (Å²) in [5.74, 6) is -0.351. The Bertz CT molecular complexity index is 1100. The summed E-state index contributed by atoms with van der Waals surface area (Å²) >= 11 is 0. The number of nitrogens with one attached hydrogen (secondary N) is 3. The summed E-state index contributed by atoms with van der Waals surface area (Å²) in [6.07, 6.45) is 8.53. The number of primary amides is 1. The van der Waals surface area contributed by atoms with Gasteiger partial charge in [-0.25, -0.2) is 9.78 Å². The Kier molecular flexibility index (Phi) is 12.4. The van der Waals surface area contributed by atoms with Crippen LogP contribution in [0.5, 0.6) is 0 Å². The highest BCUT2D eigenvalue weighted by Gasteiger charge is 2.33. The normalized spacial score (nSPS) is 17.6. The first-order valence-electron chi connectivity index (χ1n) is 14.6. The third-order valence-electron chi connectivity index (χ3n) is 7.96. The first-order chi connectivity index (χ1) is 19.7. The van der Waals surface area contributed by atoms with Gasteiger partial charge in [-0.2, -0.15) is 0 Å². The second-order valence-electron chi connectivity index (χ2n) is 11.4. The Morgan fingerprint density at radius 3 is 2.44 bits per heavy atom. The summed E-state index contributed by atoms with van der Waals surface area (Å²) in [4.78, 5) is 45.8. The number of amides is 3. The molecule has 0 bridgehead atoms. The number of aliphatic hydroxyl groups excluding tert-OH is 1. The minimum Gasteiger partial charge on any atom is -0.431 e. The zero-order chi connectivity index (χ0) is 29.8. The molecule has 1 heterocycles. The fourth-order valence-electron chi connectivity index (χ4n) is 5.55. The Morgan fingerprint density at radius 1 is 1.15 bits per heavy atom. The van der Waals surface area contributed by atoms with E-state index in [0.717, 1.165) is 25.7 Å². The second kappa shape index (κ2) is 16.0. The van der Waals surface area contributed by atoms with E-state index < -0.39 is 42.2 Å². The van der Waals surface area contributed by atoms with Gasteiger partial charge < -0.3 is 31.2 Å². The number of H-pyrrole nitrogens is 1. The van der Waals surface area contributed by atoms with Gasteiger partial charge in [0.2, 0.25) is 12.0 Å². The molecule has 0 saturated heterocycles. The molecule has 0 aliphatic heterocycles. The number of ether oxygens (including phenoxy) is 1. The van der Waals surface area contributed by atoms with Gasteiger partial charge in [-0.3, -0.25) is 9.59 Å². The average Bonchev–Trinajstić information content (AvgIpc) is 3.47. The summed E-state index contributed by atoms with van der Waals surface area (Å²) in [5, 5.41) is 17.2. The van der Waals surface area contributed by atoms with Gasteiger partial charge >= 0.3 is 6.09 Å². The molecule has 1 aromatic carbocycles. The number of aromatic nitrogens is 2. The van der Waals surface area contributed by atoms with E-state index in [2.05, 4.69) is 41.0 Å². The van der Waals surface area contributed by atoms with Gasteiger partial charge in [0, 0.05) is 23.9 Å². The minimum absolute atomic E-state index is 0.0915. The Balaban J connectivity index is 1.83. The van der Waals surface area contributed by atoms with Crippen LogP contribution >= 0.6 is 0 Å². The number of aliphatic hydroxyl groups is 1. The van der Waals surface area contributed by atoms with Crippen molar-refractivity contribution in [1.82, 2.24) is 20.6 Å². The van der Waals surface area contributed by atoms with Crippen LogP contribution in [0.15, 0.2) is 55.5 Å². The molecule has 224 valence electrons. The minimum atomic E-state index is -1.34. The lowest BCUT2D eigenvalue weighted by Gasteiger charge is -2.33. The van der Waals surface area contributed by atoms with Crippen molar-refractivity contribution in [3.05, 3.63) is 66.8 Å². The van der Waals surface area contributed by atoms with E-state index in [1.54, 1.807) is 36.5 Å². The summed E-state index contributed by atoms with van der Waals surface area (Å²) in [7, 11) is 0. The molecule has 10 nitrogen and oxygen atoms in total. The summed E-state index contributed by atoms with van der Waals surface area (Å²) < 4.78 is 5.14. The van der Waals surface area contributed by atoms with Gasteiger partial charge in [0.1, 0.15) is 6.04 Å². The van der Waals surface area contributed by atoms with Gasteiger partial charge in [-0.15, -0.1) is 6.58 Å². The predicted octanol–water partition coefficient (Wildman–Crippen LogP) is 3.94. The lowest BCUT2D eigenvalue weighted by molar-refractivity contribution is -0.135. The van der Waals surface area contributed by atoms with Crippen molar-refractivity contribution in [3.63, 3.8) is 0 Å². The van der Waals surface area contributed by atoms with Crippen LogP contribution in [0, 0.1) is 17.8 Å². The number of nitrogens with two attached hydrogens (primary N) is 1. The third-order valence-corrected chi connectivity index (χ3v) is 7.96. The second-order valence-corrected chi connectivity index (χ2v) is 11.4. The molecule has 1 saturated carbocycles. The van der Waals surface area contributed by atoms with Crippen molar-refractivity contribution in [2.24, 2.45) is 23.5 Å². The maximum absolute atomic E-state index is 13.8. The molecule has 3 amide bonds. The number of hydrogen-bond acceptors (Lipinski definition) is 6. The van der Waals surface area contributed by atoms with Crippen LogP contribution in [0.4, 0.5) is 4.79 Å². The average molecular weight is 568 g/mol. The molecule has 1 aliphatic rings. The van der Waals surface area contributed by atoms with E-state index in [0.29, 0.717) is 35.9 Å². The number of hydrogen-bond donors (Lipinski definition) is 5. The van der Waals surface area contributed by atoms with E-state index in [1.165, 1.54) is 12.7 Å². The summed E-state index contributed by atoms with van der Waals surface area (Å²) in [6.45, 7) is 8.10. The first kappa shape index (κ1) is 31.9. The van der Waals surface area contributed by atoms with Crippen LogP contribution in [0.2, 0.25) is 0 Å². The molecular weight excluding hydrogens is 522 g/mol. The van der Waals surface area contributed by atoms with Crippen molar-refractivity contribution in [1.29, 1.82) is 0 Å². The molecule has 6 N–H and O–H groups in total. The molecule has 0 unspecified atom stereocenters. The molecule has 0 spiro atoms. The zero-order valence-electron chi connectivity index (χ0n) is 24.1. The smallest absolute Gasteiger partial charge is 0.405 e. The molecule has 5 atom stereocenters. The quantitative estimate of drug-likeness (QED) is 0.205. The van der Waals surface area contributed by atoms with Gasteiger partial charge in [0.15, 0.2) is 0 Å². The van der Waals surface area contributed by atoms with Gasteiger partial charge in [-0.05, 0) is 30.6 Å². The number of carbonyl (C=O) groups excluding carboxylic acids is 3. The summed E-state index contributed by atoms with van der Waals surface area (Å²) in [6, 6.07) is 6.92. The Morgan fingerprint density at radius 2 is 1.85 bits per heavy atom. The van der Waals surface area contributed by atoms with Gasteiger partial charge in [-0.1, -0.05) is 82.4 Å². The van der Waals surface area contributed by atoms with Crippen LogP contribution in [-0.2, 0) is 20.7 Å². The molecular formula is C31H45N5O5. The zero-order valence-corrected chi connectivity index (χ0v) is 24.1. The topological polar surface area (TPSA) is 159 Å². The monoisotopic (exact) mass is 567 g/mol. The lowest BCUT2D eigenvalue weighted by atomic mass is 9.81. The number of allylic oxidation sites excluding steroid dienone is 1. The molecule has 1 fully saturated rings. The van der Waals surface area contributed by atoms with Crippen molar-refractivity contribution in [2.45, 2.75) is 89.5 Å². The van der Waals surface area contributed by atoms with E-state index in [-0.39, 0.29) is 12.3 Å². The molecule has 0 radical (unpaired) electrons. The predicted molar refractivity (Wildman–Crippen MR) is 156 cm³/mol. The largest absolute Gasteiger partial charge is 0.431 e. The fraction of sp³-hybridized carbons (Fsp3) is 0.548. The lowest BCUT2D eigenvalue weighted by Crippen LogP contribution is -2.55. The maximum Gasteiger partial charge on any atom is 0.405 e. The van der Waals surface area contributed by atoms with Crippen LogP contribution in [0.1, 0.15) is 76.2 Å². The molecule has 1 aromatic heterocycles. The maximum atomic E-state index is 13.8. The van der Waals surface area contributed by atoms with Crippen LogP contribution in [-0.4, -0.2) is 51.2 Å². The van der Waals surface area contributed by atoms with Crippen LogP contribution < -0.4 is 16.4 Å². The van der Waals surface area contributed by atoms with Crippen molar-refractivity contribution in [2.75, 3.05) is 0 Å². The van der Waals surface area contributed by atoms with Crippen molar-refractivity contribution in [3.8, 4) is 0 Å². The molecule has 1 aliphatic carbocycles. The molecule has 2 aromatic rings. The number of rotatable bonds is 15. The van der Waals surface area contributed by atoms with Crippen LogP contribution in [0.25, 0.3) is 0 Å².